The predicted molar refractivity (Wildman–Crippen MR) is 57.9 cm³/mol. The van der Waals surface area contributed by atoms with Gasteiger partial charge in [-0.2, -0.15) is 0 Å². The van der Waals surface area contributed by atoms with Crippen LogP contribution in [0, 0.1) is 0 Å². The third-order valence-corrected chi connectivity index (χ3v) is 0.866. The summed E-state index contributed by atoms with van der Waals surface area (Å²) in [6.07, 6.45) is 0. The van der Waals surface area contributed by atoms with Gasteiger partial charge in [0.2, 0.25) is 5.91 Å². The van der Waals surface area contributed by atoms with Crippen molar-refractivity contribution in [3.8, 4) is 0 Å². The van der Waals surface area contributed by atoms with Crippen molar-refractivity contribution >= 4 is 5.91 Å². The number of ether oxygens (including phenoxy) is 1. The van der Waals surface area contributed by atoms with E-state index in [0.717, 1.165) is 0 Å². The van der Waals surface area contributed by atoms with Crippen LogP contribution in [0.25, 0.3) is 0 Å². The summed E-state index contributed by atoms with van der Waals surface area (Å²) in [6, 6.07) is 0.118. The maximum absolute atomic E-state index is 10.4. The molecule has 0 spiro atoms. The van der Waals surface area contributed by atoms with E-state index in [4.69, 9.17) is 4.74 Å². The highest BCUT2D eigenvalue weighted by molar-refractivity contribution is 5.73. The van der Waals surface area contributed by atoms with Crippen LogP contribution in [0.4, 0.5) is 0 Å². The molecular formula is C10H25NO2. The molecule has 0 fully saturated rings. The molecule has 0 heterocycles. The van der Waals surface area contributed by atoms with Crippen LogP contribution in [0.5, 0.6) is 0 Å². The van der Waals surface area contributed by atoms with E-state index in [0.29, 0.717) is 6.61 Å². The van der Waals surface area contributed by atoms with Crippen LogP contribution in [0.2, 0.25) is 0 Å². The highest BCUT2D eigenvalue weighted by atomic mass is 16.5. The highest BCUT2D eigenvalue weighted by Crippen LogP contribution is 1.80. The lowest BCUT2D eigenvalue weighted by atomic mass is 10.3. The smallest absolute Gasteiger partial charge is 0.217 e. The minimum absolute atomic E-state index is 0.0143. The Balaban J connectivity index is -0.000000218. The van der Waals surface area contributed by atoms with Gasteiger partial charge in [0.1, 0.15) is 0 Å². The molecule has 0 saturated carbocycles. The summed E-state index contributed by atoms with van der Waals surface area (Å²) in [5, 5.41) is 2.68. The van der Waals surface area contributed by atoms with Gasteiger partial charge in [0, 0.05) is 20.1 Å². The molecule has 3 nitrogen and oxygen atoms in total. The molecule has 0 aromatic carbocycles. The molecule has 1 atom stereocenters. The van der Waals surface area contributed by atoms with Gasteiger partial charge in [0.15, 0.2) is 0 Å². The van der Waals surface area contributed by atoms with Crippen LogP contribution >= 0.6 is 0 Å². The second kappa shape index (κ2) is 17.5. The van der Waals surface area contributed by atoms with Gasteiger partial charge in [0.05, 0.1) is 6.61 Å². The quantitative estimate of drug-likeness (QED) is 0.742. The van der Waals surface area contributed by atoms with Crippen LogP contribution in [0.1, 0.15) is 41.5 Å². The molecule has 82 valence electrons. The third-order valence-electron chi connectivity index (χ3n) is 0.866. The van der Waals surface area contributed by atoms with Crippen LogP contribution < -0.4 is 5.32 Å². The number of amides is 1. The monoisotopic (exact) mass is 191 g/mol. The zero-order chi connectivity index (χ0) is 11.3. The molecular weight excluding hydrogens is 166 g/mol. The Kier molecular flexibility index (Phi) is 24.6. The SMILES string of the molecule is CC.CC.COCC(C)NC(C)=O. The maximum atomic E-state index is 10.4. The molecule has 0 aliphatic carbocycles. The fourth-order valence-corrected chi connectivity index (χ4v) is 0.639. The van der Waals surface area contributed by atoms with Crippen LogP contribution in [0.15, 0.2) is 0 Å². The first-order valence-corrected chi connectivity index (χ1v) is 4.93. The molecule has 0 aromatic heterocycles. The molecule has 13 heavy (non-hydrogen) atoms. The molecule has 1 N–H and O–H groups in total. The lowest BCUT2D eigenvalue weighted by molar-refractivity contribution is -0.119. The number of nitrogens with one attached hydrogen (secondary N) is 1. The largest absolute Gasteiger partial charge is 0.383 e. The van der Waals surface area contributed by atoms with Crippen molar-refractivity contribution in [2.45, 2.75) is 47.6 Å². The molecule has 3 heteroatoms. The molecule has 0 aliphatic heterocycles. The van der Waals surface area contributed by atoms with Crippen LogP contribution in [-0.2, 0) is 9.53 Å². The van der Waals surface area contributed by atoms with Crippen LogP contribution in [-0.4, -0.2) is 25.7 Å². The van der Waals surface area contributed by atoms with Gasteiger partial charge in [-0.05, 0) is 6.92 Å². The number of hydrogen-bond donors (Lipinski definition) is 1. The van der Waals surface area contributed by atoms with Gasteiger partial charge in [-0.1, -0.05) is 27.7 Å². The lowest BCUT2D eigenvalue weighted by Gasteiger charge is -2.09. The van der Waals surface area contributed by atoms with Gasteiger partial charge in [0.25, 0.3) is 0 Å². The van der Waals surface area contributed by atoms with E-state index in [9.17, 15) is 4.79 Å². The van der Waals surface area contributed by atoms with Crippen molar-refractivity contribution in [3.05, 3.63) is 0 Å². The number of carbonyl (C=O) groups excluding carboxylic acids is 1. The number of hydrogen-bond acceptors (Lipinski definition) is 2. The second-order valence-electron chi connectivity index (χ2n) is 2.06. The average molecular weight is 191 g/mol. The molecule has 0 rings (SSSR count). The molecule has 0 aliphatic rings. The van der Waals surface area contributed by atoms with E-state index in [2.05, 4.69) is 5.32 Å². The molecule has 0 radical (unpaired) electrons. The Morgan fingerprint density at radius 3 is 1.92 bits per heavy atom. The Labute approximate surface area is 82.9 Å². The maximum Gasteiger partial charge on any atom is 0.217 e. The fraction of sp³-hybridized carbons (Fsp3) is 0.900. The Hall–Kier alpha value is -0.570. The lowest BCUT2D eigenvalue weighted by Crippen LogP contribution is -2.33. The third kappa shape index (κ3) is 24.6. The summed E-state index contributed by atoms with van der Waals surface area (Å²) in [6.45, 7) is 12.0. The first-order chi connectivity index (χ1) is 6.16. The molecule has 1 unspecified atom stereocenters. The van der Waals surface area contributed by atoms with Crippen molar-refractivity contribution in [1.29, 1.82) is 0 Å². The average Bonchev–Trinajstić information content (AvgIpc) is 2.10. The Morgan fingerprint density at radius 2 is 1.69 bits per heavy atom. The molecule has 0 aromatic rings. The van der Waals surface area contributed by atoms with Crippen molar-refractivity contribution in [2.24, 2.45) is 0 Å². The van der Waals surface area contributed by atoms with Gasteiger partial charge >= 0.3 is 0 Å². The van der Waals surface area contributed by atoms with Crippen molar-refractivity contribution in [2.75, 3.05) is 13.7 Å². The zero-order valence-corrected chi connectivity index (χ0v) is 10.1. The standard InChI is InChI=1S/C6H13NO2.2C2H6/c1-5(4-9-3)7-6(2)8;2*1-2/h5H,4H2,1-3H3,(H,7,8);2*1-2H3. The van der Waals surface area contributed by atoms with Gasteiger partial charge in [-0.3, -0.25) is 4.79 Å². The van der Waals surface area contributed by atoms with Crippen molar-refractivity contribution in [3.63, 3.8) is 0 Å². The van der Waals surface area contributed by atoms with E-state index in [1.165, 1.54) is 6.92 Å². The van der Waals surface area contributed by atoms with Crippen molar-refractivity contribution in [1.82, 2.24) is 5.32 Å². The van der Waals surface area contributed by atoms with Crippen LogP contribution in [0.3, 0.4) is 0 Å². The first-order valence-electron chi connectivity index (χ1n) is 4.93. The highest BCUT2D eigenvalue weighted by Gasteiger charge is 1.99. The molecule has 0 bridgehead atoms. The van der Waals surface area contributed by atoms with E-state index in [1.54, 1.807) is 7.11 Å². The minimum atomic E-state index is -0.0143. The van der Waals surface area contributed by atoms with Gasteiger partial charge < -0.3 is 10.1 Å². The summed E-state index contributed by atoms with van der Waals surface area (Å²) in [5.74, 6) is -0.0143. The summed E-state index contributed by atoms with van der Waals surface area (Å²) < 4.78 is 4.79. The second-order valence-corrected chi connectivity index (χ2v) is 2.06. The van der Waals surface area contributed by atoms with E-state index >= 15 is 0 Å². The van der Waals surface area contributed by atoms with Crippen molar-refractivity contribution < 1.29 is 9.53 Å². The Bertz CT molecular complexity index is 94.9. The van der Waals surface area contributed by atoms with E-state index in [-0.39, 0.29) is 11.9 Å². The zero-order valence-electron chi connectivity index (χ0n) is 10.1. The summed E-state index contributed by atoms with van der Waals surface area (Å²) in [7, 11) is 1.61. The molecule has 0 saturated heterocycles. The summed E-state index contributed by atoms with van der Waals surface area (Å²) in [5.41, 5.74) is 0. The molecule has 1 amide bonds. The first kappa shape index (κ1) is 18.3. The normalized spacial score (nSPS) is 9.77. The topological polar surface area (TPSA) is 38.3 Å². The number of carbonyl (C=O) groups is 1. The minimum Gasteiger partial charge on any atom is -0.383 e. The predicted octanol–water partition coefficient (Wildman–Crippen LogP) is 2.21. The fourth-order valence-electron chi connectivity index (χ4n) is 0.639. The Morgan fingerprint density at radius 1 is 1.31 bits per heavy atom. The van der Waals surface area contributed by atoms with Gasteiger partial charge in [-0.25, -0.2) is 0 Å². The van der Waals surface area contributed by atoms with E-state index < -0.39 is 0 Å². The number of methoxy groups -OCH3 is 1. The number of rotatable bonds is 3. The summed E-state index contributed by atoms with van der Waals surface area (Å²) in [4.78, 5) is 10.4. The van der Waals surface area contributed by atoms with E-state index in [1.807, 2.05) is 34.6 Å². The summed E-state index contributed by atoms with van der Waals surface area (Å²) >= 11 is 0. The van der Waals surface area contributed by atoms with Gasteiger partial charge in [-0.15, -0.1) is 0 Å².